The molecule has 8 heteroatoms. The zero-order chi connectivity index (χ0) is 14.9. The first kappa shape index (κ1) is 15.7. The Bertz CT molecular complexity index is 599. The van der Waals surface area contributed by atoms with Crippen LogP contribution in [-0.4, -0.2) is 46.8 Å². The standard InChI is InChI=1S/C12H18IN3O4/c1-8-4-16(11(18)14-10(8)17)9-5-15(3)6-12(2,20-9)7-19-13/h4,9H,5-7H2,1-3H3,(H,14,17,18)/t9?,12-/m0/s1. The predicted molar refractivity (Wildman–Crippen MR) is 82.1 cm³/mol. The Hall–Kier alpha value is -0.710. The first-order valence-corrected chi connectivity index (χ1v) is 7.15. The van der Waals surface area contributed by atoms with E-state index in [9.17, 15) is 9.59 Å². The topological polar surface area (TPSA) is 76.6 Å². The van der Waals surface area contributed by atoms with Gasteiger partial charge in [0, 0.05) is 24.8 Å². The highest BCUT2D eigenvalue weighted by Crippen LogP contribution is 2.26. The molecule has 7 nitrogen and oxygen atoms in total. The number of aryl methyl sites for hydroxylation is 1. The lowest BCUT2D eigenvalue weighted by molar-refractivity contribution is -0.180. The number of likely N-dealkylation sites (N-methyl/N-ethyl adjacent to an activating group) is 1. The largest absolute Gasteiger partial charge is 0.347 e. The SMILES string of the molecule is Cc1cn(C2CN(C)C[C@@](C)(COI)O2)c(=O)[nH]c1=O. The number of nitrogens with one attached hydrogen (secondary N) is 1. The minimum absolute atomic E-state index is 0.367. The monoisotopic (exact) mass is 395 g/mol. The third kappa shape index (κ3) is 3.30. The molecule has 2 heterocycles. The molecule has 0 aliphatic carbocycles. The molecule has 112 valence electrons. The van der Waals surface area contributed by atoms with Crippen LogP contribution >= 0.6 is 23.0 Å². The Morgan fingerprint density at radius 2 is 2.30 bits per heavy atom. The maximum atomic E-state index is 11.9. The smallest absolute Gasteiger partial charge is 0.330 e. The van der Waals surface area contributed by atoms with Crippen LogP contribution in [0.15, 0.2) is 15.8 Å². The fourth-order valence-electron chi connectivity index (χ4n) is 2.44. The summed E-state index contributed by atoms with van der Waals surface area (Å²) in [6, 6.07) is 0. The number of morpholine rings is 1. The molecule has 1 fully saturated rings. The van der Waals surface area contributed by atoms with Crippen LogP contribution in [0.3, 0.4) is 0 Å². The number of hydrogen-bond donors (Lipinski definition) is 1. The molecule has 1 aromatic heterocycles. The number of nitrogens with zero attached hydrogens (tertiary/aromatic N) is 2. The van der Waals surface area contributed by atoms with Crippen LogP contribution in [0, 0.1) is 6.92 Å². The van der Waals surface area contributed by atoms with Gasteiger partial charge in [-0.3, -0.25) is 19.2 Å². The van der Waals surface area contributed by atoms with Crippen LogP contribution in [0.1, 0.15) is 18.7 Å². The first-order chi connectivity index (χ1) is 9.34. The second-order valence-electron chi connectivity index (χ2n) is 5.45. The molecule has 0 bridgehead atoms. The highest BCUT2D eigenvalue weighted by molar-refractivity contribution is 14.1. The summed E-state index contributed by atoms with van der Waals surface area (Å²) in [6.07, 6.45) is 1.09. The van der Waals surface area contributed by atoms with E-state index in [1.165, 1.54) is 10.8 Å². The average Bonchev–Trinajstić information content (AvgIpc) is 2.32. The van der Waals surface area contributed by atoms with Crippen LogP contribution < -0.4 is 11.2 Å². The molecule has 20 heavy (non-hydrogen) atoms. The van der Waals surface area contributed by atoms with Crippen molar-refractivity contribution in [1.29, 1.82) is 0 Å². The molecular formula is C12H18IN3O4. The van der Waals surface area contributed by atoms with Gasteiger partial charge in [-0.25, -0.2) is 4.79 Å². The van der Waals surface area contributed by atoms with E-state index in [0.29, 0.717) is 25.3 Å². The minimum atomic E-state index is -0.498. The molecule has 1 unspecified atom stereocenters. The maximum absolute atomic E-state index is 11.9. The molecule has 2 rings (SSSR count). The molecule has 1 N–H and O–H groups in total. The zero-order valence-electron chi connectivity index (χ0n) is 11.7. The van der Waals surface area contributed by atoms with Gasteiger partial charge >= 0.3 is 5.69 Å². The van der Waals surface area contributed by atoms with E-state index in [-0.39, 0.29) is 5.56 Å². The van der Waals surface area contributed by atoms with Crippen molar-refractivity contribution in [2.75, 3.05) is 26.7 Å². The Morgan fingerprint density at radius 3 is 2.95 bits per heavy atom. The molecule has 0 spiro atoms. The zero-order valence-corrected chi connectivity index (χ0v) is 13.8. The van der Waals surface area contributed by atoms with E-state index in [1.54, 1.807) is 6.92 Å². The summed E-state index contributed by atoms with van der Waals surface area (Å²) in [5.41, 5.74) is -0.844. The molecular weight excluding hydrogens is 377 g/mol. The van der Waals surface area contributed by atoms with Crippen molar-refractivity contribution < 1.29 is 7.80 Å². The van der Waals surface area contributed by atoms with Gasteiger partial charge in [-0.15, -0.1) is 0 Å². The van der Waals surface area contributed by atoms with Gasteiger partial charge in [-0.1, -0.05) is 0 Å². The third-order valence-corrected chi connectivity index (χ3v) is 3.62. The Balaban J connectivity index is 2.35. The molecule has 0 aromatic carbocycles. The van der Waals surface area contributed by atoms with Gasteiger partial charge < -0.3 is 7.80 Å². The van der Waals surface area contributed by atoms with Crippen LogP contribution in [-0.2, 0) is 7.80 Å². The van der Waals surface area contributed by atoms with Gasteiger partial charge in [0.25, 0.3) is 5.56 Å². The molecule has 1 aliphatic rings. The molecule has 0 amide bonds. The second kappa shape index (κ2) is 5.96. The summed E-state index contributed by atoms with van der Waals surface area (Å²) in [4.78, 5) is 27.8. The van der Waals surface area contributed by atoms with Gasteiger partial charge in [-0.05, 0) is 20.9 Å². The number of hydrogen-bond acceptors (Lipinski definition) is 5. The van der Waals surface area contributed by atoms with E-state index < -0.39 is 17.5 Å². The quantitative estimate of drug-likeness (QED) is 0.752. The van der Waals surface area contributed by atoms with Crippen LogP contribution in [0.25, 0.3) is 0 Å². The van der Waals surface area contributed by atoms with Crippen LogP contribution in [0.5, 0.6) is 0 Å². The third-order valence-electron chi connectivity index (χ3n) is 3.31. The molecule has 1 aliphatic heterocycles. The van der Waals surface area contributed by atoms with Crippen LogP contribution in [0.2, 0.25) is 0 Å². The number of rotatable bonds is 3. The number of aromatic amines is 1. The van der Waals surface area contributed by atoms with Crippen molar-refractivity contribution in [1.82, 2.24) is 14.5 Å². The Labute approximate surface area is 130 Å². The Morgan fingerprint density at radius 1 is 1.60 bits per heavy atom. The molecule has 0 saturated carbocycles. The summed E-state index contributed by atoms with van der Waals surface area (Å²) < 4.78 is 12.6. The van der Waals surface area contributed by atoms with Crippen LogP contribution in [0.4, 0.5) is 0 Å². The summed E-state index contributed by atoms with van der Waals surface area (Å²) >= 11 is 1.83. The number of H-pyrrole nitrogens is 1. The molecule has 2 atom stereocenters. The van der Waals surface area contributed by atoms with Crippen molar-refractivity contribution in [2.24, 2.45) is 0 Å². The number of halogens is 1. The van der Waals surface area contributed by atoms with Crippen molar-refractivity contribution in [3.63, 3.8) is 0 Å². The van der Waals surface area contributed by atoms with E-state index in [1.807, 2.05) is 37.0 Å². The fraction of sp³-hybridized carbons (Fsp3) is 0.667. The fourth-order valence-corrected chi connectivity index (χ4v) is 3.10. The number of aromatic nitrogens is 2. The van der Waals surface area contributed by atoms with Crippen molar-refractivity contribution in [2.45, 2.75) is 25.7 Å². The lowest BCUT2D eigenvalue weighted by atomic mass is 10.1. The van der Waals surface area contributed by atoms with Gasteiger partial charge in [0.05, 0.1) is 6.61 Å². The van der Waals surface area contributed by atoms with Crippen molar-refractivity contribution in [3.05, 3.63) is 32.6 Å². The van der Waals surface area contributed by atoms with Gasteiger partial charge in [-0.2, -0.15) is 0 Å². The number of ether oxygens (including phenoxy) is 1. The summed E-state index contributed by atoms with van der Waals surface area (Å²) in [5, 5.41) is 0. The highest BCUT2D eigenvalue weighted by Gasteiger charge is 2.37. The van der Waals surface area contributed by atoms with Gasteiger partial charge in [0.15, 0.2) is 6.23 Å². The van der Waals surface area contributed by atoms with E-state index >= 15 is 0 Å². The summed E-state index contributed by atoms with van der Waals surface area (Å²) in [6.45, 7) is 5.31. The minimum Gasteiger partial charge on any atom is -0.347 e. The maximum Gasteiger partial charge on any atom is 0.330 e. The Kier molecular flexibility index (Phi) is 4.67. The van der Waals surface area contributed by atoms with Gasteiger partial charge in [0.2, 0.25) is 0 Å². The molecule has 1 aromatic rings. The van der Waals surface area contributed by atoms with E-state index in [2.05, 4.69) is 9.88 Å². The lowest BCUT2D eigenvalue weighted by Gasteiger charge is -2.42. The van der Waals surface area contributed by atoms with Gasteiger partial charge in [0.1, 0.15) is 28.6 Å². The molecule has 0 radical (unpaired) electrons. The summed E-state index contributed by atoms with van der Waals surface area (Å²) in [7, 11) is 1.96. The second-order valence-corrected chi connectivity index (χ2v) is 6.07. The molecule has 1 saturated heterocycles. The van der Waals surface area contributed by atoms with E-state index in [4.69, 9.17) is 7.80 Å². The van der Waals surface area contributed by atoms with Crippen molar-refractivity contribution in [3.8, 4) is 0 Å². The highest BCUT2D eigenvalue weighted by atomic mass is 127. The lowest BCUT2D eigenvalue weighted by Crippen LogP contribution is -2.54. The van der Waals surface area contributed by atoms with E-state index in [0.717, 1.165) is 0 Å². The predicted octanol–water partition coefficient (Wildman–Crippen LogP) is 0.431. The average molecular weight is 395 g/mol. The normalized spacial score (nSPS) is 27.7. The summed E-state index contributed by atoms with van der Waals surface area (Å²) in [5.74, 6) is 0. The van der Waals surface area contributed by atoms with Crippen molar-refractivity contribution >= 4 is 23.0 Å². The first-order valence-electron chi connectivity index (χ1n) is 6.26.